The second-order valence-electron chi connectivity index (χ2n) is 6.20. The van der Waals surface area contributed by atoms with E-state index < -0.39 is 17.7 Å². The van der Waals surface area contributed by atoms with Gasteiger partial charge in [-0.3, -0.25) is 4.90 Å². The van der Waals surface area contributed by atoms with Crippen LogP contribution in [0.15, 0.2) is 18.2 Å². The Hall–Kier alpha value is -1.00. The van der Waals surface area contributed by atoms with Gasteiger partial charge < -0.3 is 5.11 Å². The van der Waals surface area contributed by atoms with Crippen molar-refractivity contribution in [1.29, 1.82) is 0 Å². The van der Waals surface area contributed by atoms with Gasteiger partial charge in [-0.15, -0.1) is 0 Å². The zero-order valence-corrected chi connectivity index (χ0v) is 12.2. The maximum Gasteiger partial charge on any atom is 0.126 e. The summed E-state index contributed by atoms with van der Waals surface area (Å²) in [5.74, 6) is -1.19. The van der Waals surface area contributed by atoms with Crippen LogP contribution in [0.25, 0.3) is 0 Å². The molecule has 1 aliphatic rings. The molecule has 20 heavy (non-hydrogen) atoms. The number of aliphatic hydroxyl groups is 1. The van der Waals surface area contributed by atoms with Crippen molar-refractivity contribution >= 4 is 0 Å². The van der Waals surface area contributed by atoms with Gasteiger partial charge in [-0.1, -0.05) is 6.42 Å². The number of likely N-dealkylation sites (tertiary alicyclic amines) is 1. The molecule has 0 saturated carbocycles. The van der Waals surface area contributed by atoms with E-state index in [0.717, 1.165) is 32.0 Å². The first kappa shape index (κ1) is 15.4. The molecular formula is C16H23F2NO. The van der Waals surface area contributed by atoms with Gasteiger partial charge in [0, 0.05) is 18.0 Å². The highest BCUT2D eigenvalue weighted by molar-refractivity contribution is 5.19. The molecule has 0 radical (unpaired) electrons. The van der Waals surface area contributed by atoms with E-state index in [9.17, 15) is 13.9 Å². The van der Waals surface area contributed by atoms with E-state index in [4.69, 9.17) is 0 Å². The SMILES string of the molecule is CC(C)(C(O)Cc1cc(F)cc(F)c1)N1CCCCC1. The van der Waals surface area contributed by atoms with Crippen LogP contribution in [-0.4, -0.2) is 34.7 Å². The van der Waals surface area contributed by atoms with Gasteiger partial charge in [-0.25, -0.2) is 8.78 Å². The van der Waals surface area contributed by atoms with Crippen LogP contribution in [-0.2, 0) is 6.42 Å². The Morgan fingerprint density at radius 1 is 1.10 bits per heavy atom. The lowest BCUT2D eigenvalue weighted by molar-refractivity contribution is -0.0187. The summed E-state index contributed by atoms with van der Waals surface area (Å²) >= 11 is 0. The van der Waals surface area contributed by atoms with E-state index in [-0.39, 0.29) is 12.0 Å². The van der Waals surface area contributed by atoms with Crippen LogP contribution in [0.3, 0.4) is 0 Å². The lowest BCUT2D eigenvalue weighted by atomic mass is 9.88. The van der Waals surface area contributed by atoms with Crippen LogP contribution in [0, 0.1) is 11.6 Å². The van der Waals surface area contributed by atoms with Crippen LogP contribution in [0.4, 0.5) is 8.78 Å². The van der Waals surface area contributed by atoms with Crippen LogP contribution < -0.4 is 0 Å². The Labute approximate surface area is 119 Å². The van der Waals surface area contributed by atoms with E-state index in [1.165, 1.54) is 18.6 Å². The fourth-order valence-corrected chi connectivity index (χ4v) is 2.88. The molecule has 1 fully saturated rings. The average molecular weight is 283 g/mol. The molecule has 1 saturated heterocycles. The van der Waals surface area contributed by atoms with Crippen LogP contribution >= 0.6 is 0 Å². The third kappa shape index (κ3) is 3.55. The Morgan fingerprint density at radius 2 is 1.65 bits per heavy atom. The van der Waals surface area contributed by atoms with Crippen molar-refractivity contribution in [1.82, 2.24) is 4.90 Å². The first-order valence-electron chi connectivity index (χ1n) is 7.27. The Bertz CT molecular complexity index is 436. The van der Waals surface area contributed by atoms with Gasteiger partial charge >= 0.3 is 0 Å². The molecule has 1 N–H and O–H groups in total. The van der Waals surface area contributed by atoms with Crippen LogP contribution in [0.5, 0.6) is 0 Å². The molecule has 1 aromatic rings. The lowest BCUT2D eigenvalue weighted by Crippen LogP contribution is -2.54. The standard InChI is InChI=1S/C16H23F2NO/c1-16(2,19-6-4-3-5-7-19)15(20)10-12-8-13(17)11-14(18)9-12/h8-9,11,15,20H,3-7,10H2,1-2H3. The zero-order chi connectivity index (χ0) is 14.8. The number of hydrogen-bond acceptors (Lipinski definition) is 2. The smallest absolute Gasteiger partial charge is 0.126 e. The second-order valence-corrected chi connectivity index (χ2v) is 6.20. The summed E-state index contributed by atoms with van der Waals surface area (Å²) in [4.78, 5) is 2.27. The second kappa shape index (κ2) is 6.19. The van der Waals surface area contributed by atoms with Crippen molar-refractivity contribution in [2.45, 2.75) is 51.2 Å². The van der Waals surface area contributed by atoms with Gasteiger partial charge in [0.15, 0.2) is 0 Å². The van der Waals surface area contributed by atoms with Gasteiger partial charge in [0.05, 0.1) is 6.10 Å². The molecule has 2 nitrogen and oxygen atoms in total. The van der Waals surface area contributed by atoms with Gasteiger partial charge in [0.2, 0.25) is 0 Å². The Morgan fingerprint density at radius 3 is 2.20 bits per heavy atom. The minimum absolute atomic E-state index is 0.262. The van der Waals surface area contributed by atoms with E-state index in [2.05, 4.69) is 4.90 Å². The Balaban J connectivity index is 2.07. The normalized spacial score (nSPS) is 19.1. The van der Waals surface area contributed by atoms with Crippen molar-refractivity contribution in [2.24, 2.45) is 0 Å². The number of benzene rings is 1. The number of halogens is 2. The molecule has 112 valence electrons. The van der Waals surface area contributed by atoms with Crippen molar-refractivity contribution in [3.63, 3.8) is 0 Å². The average Bonchev–Trinajstić information content (AvgIpc) is 2.38. The molecule has 0 bridgehead atoms. The summed E-state index contributed by atoms with van der Waals surface area (Å²) in [5, 5.41) is 10.5. The van der Waals surface area contributed by atoms with Gasteiger partial charge in [0.25, 0.3) is 0 Å². The van der Waals surface area contributed by atoms with E-state index in [1.807, 2.05) is 13.8 Å². The largest absolute Gasteiger partial charge is 0.391 e. The molecule has 0 aliphatic carbocycles. The summed E-state index contributed by atoms with van der Waals surface area (Å²) in [6.45, 7) is 5.94. The molecule has 0 spiro atoms. The minimum Gasteiger partial charge on any atom is -0.391 e. The first-order valence-corrected chi connectivity index (χ1v) is 7.27. The van der Waals surface area contributed by atoms with E-state index >= 15 is 0 Å². The van der Waals surface area contributed by atoms with Crippen molar-refractivity contribution < 1.29 is 13.9 Å². The van der Waals surface area contributed by atoms with E-state index in [1.54, 1.807) is 0 Å². The fourth-order valence-electron chi connectivity index (χ4n) is 2.88. The molecule has 1 aromatic carbocycles. The highest BCUT2D eigenvalue weighted by Crippen LogP contribution is 2.26. The topological polar surface area (TPSA) is 23.5 Å². The maximum absolute atomic E-state index is 13.2. The molecule has 0 aromatic heterocycles. The molecule has 1 aliphatic heterocycles. The molecular weight excluding hydrogens is 260 g/mol. The Kier molecular flexibility index (Phi) is 4.76. The predicted octanol–water partition coefficient (Wildman–Crippen LogP) is 3.13. The maximum atomic E-state index is 13.2. The molecule has 2 rings (SSSR count). The summed E-state index contributed by atoms with van der Waals surface area (Å²) < 4.78 is 26.4. The number of aliphatic hydroxyl groups excluding tert-OH is 1. The molecule has 1 atom stereocenters. The lowest BCUT2D eigenvalue weighted by Gasteiger charge is -2.44. The monoisotopic (exact) mass is 283 g/mol. The van der Waals surface area contributed by atoms with Crippen molar-refractivity contribution in [3.8, 4) is 0 Å². The van der Waals surface area contributed by atoms with Gasteiger partial charge in [-0.05, 0) is 57.5 Å². The molecule has 4 heteroatoms. The first-order chi connectivity index (χ1) is 9.39. The zero-order valence-electron chi connectivity index (χ0n) is 12.2. The van der Waals surface area contributed by atoms with Crippen molar-refractivity contribution in [2.75, 3.05) is 13.1 Å². The molecule has 1 unspecified atom stereocenters. The van der Waals surface area contributed by atoms with Crippen LogP contribution in [0.1, 0.15) is 38.7 Å². The molecule has 0 amide bonds. The number of hydrogen-bond donors (Lipinski definition) is 1. The summed E-state index contributed by atoms with van der Waals surface area (Å²) in [7, 11) is 0. The summed E-state index contributed by atoms with van der Waals surface area (Å²) in [6.07, 6.45) is 3.13. The minimum atomic E-state index is -0.651. The van der Waals surface area contributed by atoms with Gasteiger partial charge in [0.1, 0.15) is 11.6 Å². The summed E-state index contributed by atoms with van der Waals surface area (Å²) in [5.41, 5.74) is 0.114. The highest BCUT2D eigenvalue weighted by atomic mass is 19.1. The number of rotatable bonds is 4. The highest BCUT2D eigenvalue weighted by Gasteiger charge is 2.34. The summed E-state index contributed by atoms with van der Waals surface area (Å²) in [6, 6.07) is 3.43. The van der Waals surface area contributed by atoms with E-state index in [0.29, 0.717) is 5.56 Å². The number of piperidine rings is 1. The third-order valence-electron chi connectivity index (χ3n) is 4.34. The van der Waals surface area contributed by atoms with Crippen molar-refractivity contribution in [3.05, 3.63) is 35.4 Å². The number of nitrogens with zero attached hydrogens (tertiary/aromatic N) is 1. The fraction of sp³-hybridized carbons (Fsp3) is 0.625. The molecule has 1 heterocycles. The predicted molar refractivity (Wildman–Crippen MR) is 75.6 cm³/mol. The third-order valence-corrected chi connectivity index (χ3v) is 4.34. The van der Waals surface area contributed by atoms with Gasteiger partial charge in [-0.2, -0.15) is 0 Å². The quantitative estimate of drug-likeness (QED) is 0.917. The van der Waals surface area contributed by atoms with Crippen LogP contribution in [0.2, 0.25) is 0 Å².